The molecule has 1 aromatic carbocycles. The zero-order valence-corrected chi connectivity index (χ0v) is 14.9. The fraction of sp³-hybridized carbons (Fsp3) is 0.389. The van der Waals surface area contributed by atoms with Crippen molar-refractivity contribution in [2.75, 3.05) is 6.61 Å². The second-order valence-electron chi connectivity index (χ2n) is 5.98. The highest BCUT2D eigenvalue weighted by Crippen LogP contribution is 2.23. The first-order valence-electron chi connectivity index (χ1n) is 8.45. The lowest BCUT2D eigenvalue weighted by Gasteiger charge is -2.12. The monoisotopic (exact) mass is 359 g/mol. The number of rotatable bonds is 5. The van der Waals surface area contributed by atoms with Crippen LogP contribution in [-0.2, 0) is 0 Å². The van der Waals surface area contributed by atoms with Crippen LogP contribution in [0.2, 0.25) is 0 Å². The van der Waals surface area contributed by atoms with Crippen molar-refractivity contribution in [2.24, 2.45) is 4.99 Å². The van der Waals surface area contributed by atoms with E-state index >= 15 is 0 Å². The van der Waals surface area contributed by atoms with E-state index in [2.05, 4.69) is 9.98 Å². The number of benzene rings is 1. The number of aliphatic imine (C=N–C) groups is 1. The van der Waals surface area contributed by atoms with Gasteiger partial charge in [-0.25, -0.2) is 0 Å². The van der Waals surface area contributed by atoms with E-state index in [0.717, 1.165) is 31.4 Å². The molecule has 3 rings (SSSR count). The molecule has 2 aromatic rings. The number of hydrogen-bond acceptors (Lipinski definition) is 5. The molecule has 0 radical (unpaired) electrons. The van der Waals surface area contributed by atoms with Gasteiger partial charge in [0.05, 0.1) is 12.3 Å². The number of aromatic nitrogens is 2. The molecule has 25 heavy (non-hydrogen) atoms. The smallest absolute Gasteiger partial charge is 0.264 e. The number of nitrogens with zero attached hydrogens (tertiary/aromatic N) is 2. The standard InChI is InChI=1S/C18H21N3O3S/c1-2-24-14-9-7-13(8-10-14)21-17(23)15(16(22)20-18(21)25)11-19-12-5-3-4-6-12/h7-12,23H,2-6H2,1H3,(H,20,22,25). The molecule has 0 atom stereocenters. The average Bonchev–Trinajstić information content (AvgIpc) is 3.09. The van der Waals surface area contributed by atoms with E-state index in [1.54, 1.807) is 24.3 Å². The van der Waals surface area contributed by atoms with Gasteiger partial charge in [-0.3, -0.25) is 19.3 Å². The lowest BCUT2D eigenvalue weighted by molar-refractivity contribution is 0.340. The summed E-state index contributed by atoms with van der Waals surface area (Å²) in [5, 5.41) is 10.6. The largest absolute Gasteiger partial charge is 0.494 e. The summed E-state index contributed by atoms with van der Waals surface area (Å²) in [5.74, 6) is 0.518. The highest BCUT2D eigenvalue weighted by molar-refractivity contribution is 7.71. The van der Waals surface area contributed by atoms with Crippen molar-refractivity contribution in [3.8, 4) is 17.3 Å². The summed E-state index contributed by atoms with van der Waals surface area (Å²) in [7, 11) is 0. The summed E-state index contributed by atoms with van der Waals surface area (Å²) in [6.07, 6.45) is 5.81. The Kier molecular flexibility index (Phi) is 5.33. The van der Waals surface area contributed by atoms with E-state index in [-0.39, 0.29) is 22.3 Å². The van der Waals surface area contributed by atoms with Gasteiger partial charge in [-0.2, -0.15) is 0 Å². The molecular formula is C18H21N3O3S. The van der Waals surface area contributed by atoms with Gasteiger partial charge in [0.15, 0.2) is 4.77 Å². The number of H-pyrrole nitrogens is 1. The third-order valence-electron chi connectivity index (χ3n) is 4.27. The summed E-state index contributed by atoms with van der Waals surface area (Å²) in [6.45, 7) is 2.48. The van der Waals surface area contributed by atoms with Crippen LogP contribution in [0.3, 0.4) is 0 Å². The molecule has 1 heterocycles. The van der Waals surface area contributed by atoms with E-state index < -0.39 is 5.56 Å². The number of aromatic amines is 1. The Morgan fingerprint density at radius 2 is 2.04 bits per heavy atom. The molecule has 0 aliphatic heterocycles. The fourth-order valence-corrected chi connectivity index (χ4v) is 3.27. The van der Waals surface area contributed by atoms with Crippen LogP contribution in [0.5, 0.6) is 11.6 Å². The van der Waals surface area contributed by atoms with Crippen molar-refractivity contribution in [1.29, 1.82) is 0 Å². The Bertz CT molecular complexity index is 878. The average molecular weight is 359 g/mol. The van der Waals surface area contributed by atoms with Gasteiger partial charge in [-0.1, -0.05) is 12.8 Å². The second kappa shape index (κ2) is 7.65. The maximum absolute atomic E-state index is 12.2. The Morgan fingerprint density at radius 3 is 2.68 bits per heavy atom. The van der Waals surface area contributed by atoms with Crippen molar-refractivity contribution < 1.29 is 9.84 Å². The Morgan fingerprint density at radius 1 is 1.36 bits per heavy atom. The van der Waals surface area contributed by atoms with E-state index in [4.69, 9.17) is 17.0 Å². The minimum atomic E-state index is -0.438. The SMILES string of the molecule is CCOc1ccc(-n2c(O)c(C=NC3CCCC3)c(=O)[nH]c2=S)cc1. The van der Waals surface area contributed by atoms with Crippen molar-refractivity contribution in [3.05, 3.63) is 45.0 Å². The van der Waals surface area contributed by atoms with Crippen molar-refractivity contribution in [3.63, 3.8) is 0 Å². The lowest BCUT2D eigenvalue weighted by Crippen LogP contribution is -2.18. The van der Waals surface area contributed by atoms with Gasteiger partial charge in [-0.15, -0.1) is 0 Å². The van der Waals surface area contributed by atoms with E-state index in [1.807, 2.05) is 6.92 Å². The highest BCUT2D eigenvalue weighted by atomic mass is 32.1. The molecule has 6 nitrogen and oxygen atoms in total. The van der Waals surface area contributed by atoms with Crippen LogP contribution >= 0.6 is 12.2 Å². The topological polar surface area (TPSA) is 79.6 Å². The summed E-state index contributed by atoms with van der Waals surface area (Å²) in [4.78, 5) is 19.2. The van der Waals surface area contributed by atoms with Crippen LogP contribution in [0.25, 0.3) is 5.69 Å². The molecule has 1 aliphatic rings. The van der Waals surface area contributed by atoms with E-state index in [0.29, 0.717) is 12.3 Å². The molecule has 1 aromatic heterocycles. The molecule has 0 amide bonds. The van der Waals surface area contributed by atoms with Crippen LogP contribution in [0.4, 0.5) is 0 Å². The van der Waals surface area contributed by atoms with Gasteiger partial charge in [-0.05, 0) is 56.2 Å². The minimum Gasteiger partial charge on any atom is -0.494 e. The Hall–Kier alpha value is -2.41. The number of hydrogen-bond donors (Lipinski definition) is 2. The highest BCUT2D eigenvalue weighted by Gasteiger charge is 2.15. The fourth-order valence-electron chi connectivity index (χ4n) is 2.99. The van der Waals surface area contributed by atoms with Gasteiger partial charge in [0.25, 0.3) is 5.56 Å². The van der Waals surface area contributed by atoms with Crippen LogP contribution < -0.4 is 10.3 Å². The molecule has 1 saturated carbocycles. The second-order valence-corrected chi connectivity index (χ2v) is 6.36. The molecular weight excluding hydrogens is 338 g/mol. The third-order valence-corrected chi connectivity index (χ3v) is 4.55. The minimum absolute atomic E-state index is 0.120. The summed E-state index contributed by atoms with van der Waals surface area (Å²) >= 11 is 5.22. The predicted octanol–water partition coefficient (Wildman–Crippen LogP) is 3.36. The van der Waals surface area contributed by atoms with Crippen LogP contribution in [0.15, 0.2) is 34.1 Å². The van der Waals surface area contributed by atoms with Crippen LogP contribution in [0.1, 0.15) is 38.2 Å². The van der Waals surface area contributed by atoms with Gasteiger partial charge >= 0.3 is 0 Å². The molecule has 7 heteroatoms. The molecule has 132 valence electrons. The van der Waals surface area contributed by atoms with Crippen LogP contribution in [0, 0.1) is 4.77 Å². The number of ether oxygens (including phenoxy) is 1. The summed E-state index contributed by atoms with van der Waals surface area (Å²) < 4.78 is 6.97. The van der Waals surface area contributed by atoms with Crippen molar-refractivity contribution >= 4 is 18.4 Å². The first-order valence-corrected chi connectivity index (χ1v) is 8.85. The molecule has 1 fully saturated rings. The number of nitrogens with one attached hydrogen (secondary N) is 1. The first kappa shape index (κ1) is 17.4. The molecule has 0 spiro atoms. The molecule has 2 N–H and O–H groups in total. The van der Waals surface area contributed by atoms with Gasteiger partial charge in [0.1, 0.15) is 11.3 Å². The Labute approximate surface area is 150 Å². The predicted molar refractivity (Wildman–Crippen MR) is 99.9 cm³/mol. The number of aromatic hydroxyl groups is 1. The normalized spacial score (nSPS) is 15.1. The lowest BCUT2D eigenvalue weighted by atomic mass is 10.2. The van der Waals surface area contributed by atoms with Gasteiger partial charge < -0.3 is 9.84 Å². The molecule has 0 saturated heterocycles. The maximum Gasteiger partial charge on any atom is 0.264 e. The summed E-state index contributed by atoms with van der Waals surface area (Å²) in [5.41, 5.74) is 0.318. The zero-order valence-electron chi connectivity index (χ0n) is 14.1. The van der Waals surface area contributed by atoms with Gasteiger partial charge in [0.2, 0.25) is 5.88 Å². The third kappa shape index (κ3) is 3.82. The van der Waals surface area contributed by atoms with Crippen molar-refractivity contribution in [2.45, 2.75) is 38.6 Å². The maximum atomic E-state index is 12.2. The summed E-state index contributed by atoms with van der Waals surface area (Å²) in [6, 6.07) is 7.35. The molecule has 0 bridgehead atoms. The van der Waals surface area contributed by atoms with Crippen molar-refractivity contribution in [1.82, 2.24) is 9.55 Å². The molecule has 1 aliphatic carbocycles. The Balaban J connectivity index is 2.00. The molecule has 0 unspecified atom stereocenters. The zero-order chi connectivity index (χ0) is 17.8. The van der Waals surface area contributed by atoms with Crippen LogP contribution in [-0.4, -0.2) is 33.5 Å². The van der Waals surface area contributed by atoms with E-state index in [9.17, 15) is 9.90 Å². The van der Waals surface area contributed by atoms with E-state index in [1.165, 1.54) is 10.8 Å². The van der Waals surface area contributed by atoms with Gasteiger partial charge in [0, 0.05) is 12.3 Å². The quantitative estimate of drug-likeness (QED) is 0.634. The first-order chi connectivity index (χ1) is 12.1.